The van der Waals surface area contributed by atoms with Gasteiger partial charge in [0.15, 0.2) is 12.6 Å². The molecule has 0 spiro atoms. The van der Waals surface area contributed by atoms with Crippen LogP contribution in [0, 0.1) is 16.7 Å². The van der Waals surface area contributed by atoms with Crippen LogP contribution in [0.3, 0.4) is 0 Å². The van der Waals surface area contributed by atoms with Gasteiger partial charge in [-0.15, -0.1) is 0 Å². The largest absolute Gasteiger partial charge is 0.456 e. The zero-order valence-corrected chi connectivity index (χ0v) is 22.7. The number of carbonyl (C=O) groups excluding carboxylic acids is 3. The van der Waals surface area contributed by atoms with Gasteiger partial charge >= 0.3 is 17.9 Å². The molecule has 0 radical (unpaired) electrons. The lowest BCUT2D eigenvalue weighted by atomic mass is 9.42. The zero-order chi connectivity index (χ0) is 26.6. The van der Waals surface area contributed by atoms with Gasteiger partial charge in [-0.2, -0.15) is 0 Å². The second kappa shape index (κ2) is 11.6. The lowest BCUT2D eigenvalue weighted by Gasteiger charge is -2.63. The van der Waals surface area contributed by atoms with E-state index in [0.717, 1.165) is 25.7 Å². The molecule has 4 aliphatic carbocycles. The van der Waals surface area contributed by atoms with Gasteiger partial charge in [-0.25, -0.2) is 4.79 Å². The van der Waals surface area contributed by atoms with Gasteiger partial charge in [0.1, 0.15) is 5.60 Å². The highest BCUT2D eigenvalue weighted by Crippen LogP contribution is 2.68. The van der Waals surface area contributed by atoms with Crippen LogP contribution in [0.1, 0.15) is 98.8 Å². The molecule has 4 fully saturated rings. The van der Waals surface area contributed by atoms with Crippen molar-refractivity contribution in [2.24, 2.45) is 16.7 Å². The molecular formula is C28H44O8. The van der Waals surface area contributed by atoms with Crippen molar-refractivity contribution in [3.8, 4) is 0 Å². The summed E-state index contributed by atoms with van der Waals surface area (Å²) in [7, 11) is 0. The molecule has 4 atom stereocenters. The predicted molar refractivity (Wildman–Crippen MR) is 133 cm³/mol. The fraction of sp³-hybridized carbons (Fsp3) is 0.821. The molecule has 0 aliphatic heterocycles. The van der Waals surface area contributed by atoms with Crippen molar-refractivity contribution in [3.63, 3.8) is 0 Å². The minimum absolute atomic E-state index is 0.0342. The summed E-state index contributed by atoms with van der Waals surface area (Å²) >= 11 is 0. The van der Waals surface area contributed by atoms with Crippen molar-refractivity contribution in [2.45, 2.75) is 117 Å². The molecule has 4 saturated carbocycles. The monoisotopic (exact) mass is 508 g/mol. The molecular weight excluding hydrogens is 464 g/mol. The first kappa shape index (κ1) is 28.6. The third-order valence-electron chi connectivity index (χ3n) is 7.79. The van der Waals surface area contributed by atoms with Crippen LogP contribution in [0.25, 0.3) is 0 Å². The van der Waals surface area contributed by atoms with E-state index in [1.807, 2.05) is 0 Å². The van der Waals surface area contributed by atoms with Gasteiger partial charge in [0, 0.05) is 18.4 Å². The Labute approximate surface area is 215 Å². The second-order valence-electron chi connectivity index (χ2n) is 11.3. The van der Waals surface area contributed by atoms with Gasteiger partial charge in [-0.05, 0) is 65.2 Å². The zero-order valence-electron chi connectivity index (χ0n) is 22.7. The van der Waals surface area contributed by atoms with Crippen LogP contribution >= 0.6 is 0 Å². The van der Waals surface area contributed by atoms with E-state index in [9.17, 15) is 14.4 Å². The number of hydrogen-bond acceptors (Lipinski definition) is 8. The maximum atomic E-state index is 13.6. The minimum atomic E-state index is -0.942. The Bertz CT molecular complexity index is 789. The van der Waals surface area contributed by atoms with E-state index >= 15 is 0 Å². The fourth-order valence-electron chi connectivity index (χ4n) is 6.61. The van der Waals surface area contributed by atoms with Gasteiger partial charge in [0.05, 0.1) is 24.0 Å². The summed E-state index contributed by atoms with van der Waals surface area (Å²) in [6, 6.07) is 0. The summed E-state index contributed by atoms with van der Waals surface area (Å²) in [5.74, 6) is -1.25. The van der Waals surface area contributed by atoms with E-state index in [0.29, 0.717) is 51.7 Å². The maximum absolute atomic E-state index is 13.6. The van der Waals surface area contributed by atoms with Crippen molar-refractivity contribution >= 4 is 17.9 Å². The second-order valence-corrected chi connectivity index (χ2v) is 11.3. The molecule has 0 aromatic rings. The highest BCUT2D eigenvalue weighted by Gasteiger charge is 2.70. The Morgan fingerprint density at radius 2 is 1.31 bits per heavy atom. The first-order valence-electron chi connectivity index (χ1n) is 13.5. The SMILES string of the molecule is C=C(C)C(=O)OC12CC3CC(C(=O)OC(C)OCCCC)(C1)CC(C(=O)OC(C)OCCCC)(C3)C2. The molecule has 0 amide bonds. The number of esters is 3. The first-order chi connectivity index (χ1) is 17.0. The number of unbranched alkanes of at least 4 members (excludes halogenated alkanes) is 2. The van der Waals surface area contributed by atoms with E-state index in [-0.39, 0.29) is 11.5 Å². The van der Waals surface area contributed by atoms with Crippen LogP contribution in [-0.2, 0) is 38.1 Å². The predicted octanol–water partition coefficient (Wildman–Crippen LogP) is 5.23. The van der Waals surface area contributed by atoms with E-state index in [4.69, 9.17) is 23.7 Å². The molecule has 0 N–H and O–H groups in total. The lowest BCUT2D eigenvalue weighted by Crippen LogP contribution is -2.66. The van der Waals surface area contributed by atoms with Gasteiger partial charge in [0.25, 0.3) is 0 Å². The molecule has 8 heteroatoms. The maximum Gasteiger partial charge on any atom is 0.333 e. The first-order valence-corrected chi connectivity index (χ1v) is 13.5. The van der Waals surface area contributed by atoms with Crippen molar-refractivity contribution in [2.75, 3.05) is 13.2 Å². The Morgan fingerprint density at radius 1 is 0.833 bits per heavy atom. The van der Waals surface area contributed by atoms with Crippen LogP contribution in [0.4, 0.5) is 0 Å². The molecule has 0 aromatic heterocycles. The van der Waals surface area contributed by atoms with Crippen LogP contribution in [0.15, 0.2) is 12.2 Å². The third-order valence-corrected chi connectivity index (χ3v) is 7.79. The average Bonchev–Trinajstić information content (AvgIpc) is 2.78. The topological polar surface area (TPSA) is 97.4 Å². The Balaban J connectivity index is 1.84. The highest BCUT2D eigenvalue weighted by atomic mass is 16.7. The van der Waals surface area contributed by atoms with Gasteiger partial charge in [-0.3, -0.25) is 9.59 Å². The summed E-state index contributed by atoms with van der Waals surface area (Å²) in [4.78, 5) is 39.9. The number of hydrogen-bond donors (Lipinski definition) is 0. The summed E-state index contributed by atoms with van der Waals surface area (Å²) < 4.78 is 28.8. The lowest BCUT2D eigenvalue weighted by molar-refractivity contribution is -0.247. The molecule has 0 heterocycles. The summed E-state index contributed by atoms with van der Waals surface area (Å²) in [6.45, 7) is 13.9. The van der Waals surface area contributed by atoms with Crippen molar-refractivity contribution in [1.29, 1.82) is 0 Å². The van der Waals surface area contributed by atoms with Crippen LogP contribution < -0.4 is 0 Å². The number of ether oxygens (including phenoxy) is 5. The quantitative estimate of drug-likeness (QED) is 0.103. The van der Waals surface area contributed by atoms with Crippen LogP contribution in [0.2, 0.25) is 0 Å². The van der Waals surface area contributed by atoms with Crippen molar-refractivity contribution in [3.05, 3.63) is 12.2 Å². The normalized spacial score (nSPS) is 32.0. The van der Waals surface area contributed by atoms with Gasteiger partial charge in [-0.1, -0.05) is 33.3 Å². The Hall–Kier alpha value is -1.93. The van der Waals surface area contributed by atoms with E-state index in [1.54, 1.807) is 20.8 Å². The number of rotatable bonds is 14. The van der Waals surface area contributed by atoms with Crippen LogP contribution in [-0.4, -0.2) is 49.3 Å². The summed E-state index contributed by atoms with van der Waals surface area (Å²) in [5, 5.41) is 0. The average molecular weight is 509 g/mol. The van der Waals surface area contributed by atoms with E-state index in [2.05, 4.69) is 20.4 Å². The van der Waals surface area contributed by atoms with E-state index < -0.39 is 46.9 Å². The third kappa shape index (κ3) is 6.31. The molecule has 204 valence electrons. The smallest absolute Gasteiger partial charge is 0.333 e. The summed E-state index contributed by atoms with van der Waals surface area (Å²) in [5.41, 5.74) is -2.54. The molecule has 4 rings (SSSR count). The van der Waals surface area contributed by atoms with Crippen molar-refractivity contribution < 1.29 is 38.1 Å². The molecule has 36 heavy (non-hydrogen) atoms. The van der Waals surface area contributed by atoms with Gasteiger partial charge < -0.3 is 23.7 Å². The molecule has 4 unspecified atom stereocenters. The van der Waals surface area contributed by atoms with Gasteiger partial charge in [0.2, 0.25) is 0 Å². The summed E-state index contributed by atoms with van der Waals surface area (Å²) in [6.07, 6.45) is 5.09. The fourth-order valence-corrected chi connectivity index (χ4v) is 6.61. The van der Waals surface area contributed by atoms with Crippen molar-refractivity contribution in [1.82, 2.24) is 0 Å². The highest BCUT2D eigenvalue weighted by molar-refractivity contribution is 5.88. The molecule has 4 aliphatic rings. The minimum Gasteiger partial charge on any atom is -0.456 e. The molecule has 0 saturated heterocycles. The molecule has 4 bridgehead atoms. The standard InChI is InChI=1S/C28H44O8/c1-7-9-11-32-20(5)34-24(30)26-13-22-14-27(16-26,25(31)35-21(6)33-12-10-8-2)18-28(15-22,17-26)36-23(29)19(3)4/h20-22H,3,7-18H2,1-2,4-6H3. The molecule has 8 nitrogen and oxygen atoms in total. The Kier molecular flexibility index (Phi) is 9.25. The van der Waals surface area contributed by atoms with Crippen LogP contribution in [0.5, 0.6) is 0 Å². The molecule has 0 aromatic carbocycles. The number of carbonyl (C=O) groups is 3. The Morgan fingerprint density at radius 3 is 1.72 bits per heavy atom. The van der Waals surface area contributed by atoms with E-state index in [1.165, 1.54) is 0 Å².